The Morgan fingerprint density at radius 2 is 1.48 bits per heavy atom. The smallest absolute Gasteiger partial charge is 0.303 e. The molecule has 2 aliphatic heterocycles. The van der Waals surface area contributed by atoms with Gasteiger partial charge in [0.2, 0.25) is 0 Å². The molecule has 4 fully saturated rings. The van der Waals surface area contributed by atoms with E-state index in [1.54, 1.807) is 4.57 Å². The summed E-state index contributed by atoms with van der Waals surface area (Å²) in [4.78, 5) is 47.9. The lowest BCUT2D eigenvalue weighted by Crippen LogP contribution is -2.40. The summed E-state index contributed by atoms with van der Waals surface area (Å²) in [6.45, 7) is 4.59. The molecule has 50 heavy (non-hydrogen) atoms. The molecule has 272 valence electrons. The molecule has 8 rings (SSSR count). The van der Waals surface area contributed by atoms with Crippen LogP contribution in [0.3, 0.4) is 0 Å². The second-order valence-electron chi connectivity index (χ2n) is 12.4. The Labute approximate surface area is 291 Å². The van der Waals surface area contributed by atoms with Crippen molar-refractivity contribution in [2.45, 2.75) is 103 Å². The molecular weight excluding hydrogens is 678 g/mol. The molecule has 19 heteroatoms. The number of ether oxygens (including phenoxy) is 4. The summed E-state index contributed by atoms with van der Waals surface area (Å²) in [7, 11) is 0. The van der Waals surface area contributed by atoms with Gasteiger partial charge in [-0.25, -0.2) is 29.9 Å². The molecule has 2 saturated carbocycles. The number of carbonyl (C=O) groups excluding carboxylic acids is 2. The van der Waals surface area contributed by atoms with Crippen LogP contribution in [-0.4, -0.2) is 109 Å². The van der Waals surface area contributed by atoms with Gasteiger partial charge in [-0.1, -0.05) is 39.8 Å². The van der Waals surface area contributed by atoms with Crippen LogP contribution in [-0.2, 0) is 28.5 Å². The summed E-state index contributed by atoms with van der Waals surface area (Å²) in [5.41, 5.74) is 5.87. The van der Waals surface area contributed by atoms with Crippen molar-refractivity contribution in [2.24, 2.45) is 11.8 Å². The minimum absolute atomic E-state index is 0. The molecule has 0 bridgehead atoms. The second-order valence-corrected chi connectivity index (χ2v) is 12.8. The predicted octanol–water partition coefficient (Wildman–Crippen LogP) is 1.72. The lowest BCUT2D eigenvalue weighted by molar-refractivity contribution is -0.166. The SMILES string of the molecule is C.C.CC[C@H]1C[C@]12O[C@@H](n1cnc3c(Cl)ncnc31)[C@@H](OC(C)=O)C2OC(C)=O.Nc1ncnc2c1ncn2[C@@H]1O[C@]2(C[C@@H]2CO)C(O)[C@@H]1O. The number of carbonyl (C=O) groups is 2. The van der Waals surface area contributed by atoms with Crippen LogP contribution < -0.4 is 5.73 Å². The van der Waals surface area contributed by atoms with Crippen molar-refractivity contribution in [3.05, 3.63) is 30.5 Å². The third-order valence-corrected chi connectivity index (χ3v) is 9.88. The maximum Gasteiger partial charge on any atom is 0.303 e. The number of aromatic nitrogens is 8. The van der Waals surface area contributed by atoms with E-state index in [1.165, 1.54) is 43.7 Å². The highest BCUT2D eigenvalue weighted by Crippen LogP contribution is 2.61. The topological polar surface area (TPSA) is 245 Å². The lowest BCUT2D eigenvalue weighted by Gasteiger charge is -2.24. The molecule has 10 atom stereocenters. The first kappa shape index (κ1) is 37.2. The highest BCUT2D eigenvalue weighted by Gasteiger charge is 2.71. The summed E-state index contributed by atoms with van der Waals surface area (Å²) in [5, 5.41) is 29.9. The van der Waals surface area contributed by atoms with Gasteiger partial charge in [0.05, 0.1) is 12.7 Å². The molecule has 0 aromatic carbocycles. The van der Waals surface area contributed by atoms with E-state index >= 15 is 0 Å². The number of hydrogen-bond donors (Lipinski definition) is 4. The first-order chi connectivity index (χ1) is 23.0. The first-order valence-electron chi connectivity index (χ1n) is 15.4. The molecule has 2 unspecified atom stereocenters. The van der Waals surface area contributed by atoms with Crippen molar-refractivity contribution in [3.63, 3.8) is 0 Å². The molecule has 0 radical (unpaired) electrons. The fourth-order valence-electron chi connectivity index (χ4n) is 7.12. The zero-order valence-corrected chi connectivity index (χ0v) is 26.8. The van der Waals surface area contributed by atoms with E-state index in [0.29, 0.717) is 28.7 Å². The molecule has 2 aliphatic carbocycles. The van der Waals surface area contributed by atoms with E-state index in [9.17, 15) is 24.9 Å². The van der Waals surface area contributed by atoms with Gasteiger partial charge in [-0.2, -0.15) is 0 Å². The quantitative estimate of drug-likeness (QED) is 0.164. The third kappa shape index (κ3) is 5.82. The van der Waals surface area contributed by atoms with E-state index in [2.05, 4.69) is 29.9 Å². The van der Waals surface area contributed by atoms with Crippen molar-refractivity contribution >= 4 is 51.7 Å². The van der Waals surface area contributed by atoms with Gasteiger partial charge in [-0.05, 0) is 18.8 Å². The summed E-state index contributed by atoms with van der Waals surface area (Å²) in [6.07, 6.45) is 2.40. The lowest BCUT2D eigenvalue weighted by atomic mass is 10.1. The number of nitrogens with zero attached hydrogens (tertiary/aromatic N) is 8. The number of aliphatic hydroxyl groups is 3. The Morgan fingerprint density at radius 3 is 2.08 bits per heavy atom. The summed E-state index contributed by atoms with van der Waals surface area (Å²) in [5.74, 6) is -0.669. The number of esters is 2. The predicted molar refractivity (Wildman–Crippen MR) is 176 cm³/mol. The van der Waals surface area contributed by atoms with Gasteiger partial charge >= 0.3 is 11.9 Å². The maximum absolute atomic E-state index is 11.8. The Kier molecular flexibility index (Phi) is 10.1. The van der Waals surface area contributed by atoms with Gasteiger partial charge in [0.25, 0.3) is 0 Å². The van der Waals surface area contributed by atoms with Crippen LogP contribution in [0.5, 0.6) is 0 Å². The molecule has 0 amide bonds. The van der Waals surface area contributed by atoms with Crippen LogP contribution in [0.1, 0.15) is 67.3 Å². The molecule has 2 saturated heterocycles. The number of anilines is 1. The van der Waals surface area contributed by atoms with Crippen LogP contribution >= 0.6 is 11.6 Å². The highest BCUT2D eigenvalue weighted by molar-refractivity contribution is 6.33. The van der Waals surface area contributed by atoms with E-state index < -0.39 is 60.0 Å². The number of nitrogens with two attached hydrogens (primary N) is 1. The van der Waals surface area contributed by atoms with Gasteiger partial charge in [0.1, 0.15) is 47.1 Å². The number of imidazole rings is 2. The van der Waals surface area contributed by atoms with Crippen molar-refractivity contribution in [1.29, 1.82) is 0 Å². The molecule has 4 aromatic heterocycles. The van der Waals surface area contributed by atoms with Gasteiger partial charge in [0, 0.05) is 26.4 Å². The number of fused-ring (bicyclic) bond motifs is 2. The van der Waals surface area contributed by atoms with Crippen LogP contribution in [0.2, 0.25) is 5.15 Å². The van der Waals surface area contributed by atoms with E-state index in [0.717, 1.165) is 12.8 Å². The number of rotatable bonds is 6. The van der Waals surface area contributed by atoms with E-state index in [1.807, 2.05) is 6.92 Å². The average Bonchev–Trinajstić information content (AvgIpc) is 3.70. The Morgan fingerprint density at radius 1 is 0.900 bits per heavy atom. The Hall–Kier alpha value is -4.07. The first-order valence-corrected chi connectivity index (χ1v) is 15.8. The van der Waals surface area contributed by atoms with Crippen molar-refractivity contribution in [1.82, 2.24) is 39.0 Å². The van der Waals surface area contributed by atoms with Crippen molar-refractivity contribution in [2.75, 3.05) is 12.3 Å². The average molecular weight is 720 g/mol. The standard InChI is InChI=1S/C17H19ClN4O5.C12H15N5O4.2CH4/c1-4-10-5-17(10)13(26-9(3)24)12(25-8(2)23)16(27-17)22-7-21-11-14(18)19-6-20-15(11)22;13-9-6-10(15-3-14-9)17(4-16-6)11-7(19)8(20)12(21-11)1-5(12)2-18;;/h6-7,10,12-13,16H,4-5H2,1-3H3;3-5,7-8,11,18-20H,1-2H2,(H2,13,14,15);2*1H4/t10-,12-,13?,16+,17-;5-,7+,8?,11-,12+;;/m01../s1. The molecule has 2 spiro atoms. The zero-order chi connectivity index (χ0) is 34.1. The molecule has 4 aromatic rings. The largest absolute Gasteiger partial charge is 0.455 e. The highest BCUT2D eigenvalue weighted by atomic mass is 35.5. The molecule has 4 aliphatic rings. The third-order valence-electron chi connectivity index (χ3n) is 9.61. The molecular formula is C31H42ClN9O9. The molecule has 6 heterocycles. The normalized spacial score (nSPS) is 33.4. The second kappa shape index (κ2) is 13.6. The van der Waals surface area contributed by atoms with E-state index in [-0.39, 0.29) is 44.3 Å². The summed E-state index contributed by atoms with van der Waals surface area (Å²) in [6, 6.07) is 0. The number of aliphatic hydroxyl groups excluding tert-OH is 3. The number of hydrogen-bond acceptors (Lipinski definition) is 16. The van der Waals surface area contributed by atoms with Gasteiger partial charge in [0.15, 0.2) is 46.9 Å². The molecule has 5 N–H and O–H groups in total. The van der Waals surface area contributed by atoms with Gasteiger partial charge < -0.3 is 40.0 Å². The summed E-state index contributed by atoms with van der Waals surface area (Å²) < 4.78 is 26.5. The number of halogens is 1. The van der Waals surface area contributed by atoms with Crippen LogP contribution in [0.15, 0.2) is 25.3 Å². The fraction of sp³-hybridized carbons (Fsp3) is 0.613. The zero-order valence-electron chi connectivity index (χ0n) is 26.1. The maximum atomic E-state index is 11.8. The van der Waals surface area contributed by atoms with Crippen LogP contribution in [0.25, 0.3) is 22.3 Å². The Balaban J connectivity index is 0.000000192. The minimum Gasteiger partial charge on any atom is -0.455 e. The van der Waals surface area contributed by atoms with Gasteiger partial charge in [-0.3, -0.25) is 18.7 Å². The van der Waals surface area contributed by atoms with Gasteiger partial charge in [-0.15, -0.1) is 0 Å². The number of nitrogen functional groups attached to an aromatic ring is 1. The van der Waals surface area contributed by atoms with E-state index in [4.69, 9.17) is 36.3 Å². The monoisotopic (exact) mass is 719 g/mol. The fourth-order valence-corrected chi connectivity index (χ4v) is 7.29. The minimum atomic E-state index is -1.13. The van der Waals surface area contributed by atoms with Crippen molar-refractivity contribution in [3.8, 4) is 0 Å². The van der Waals surface area contributed by atoms with Crippen LogP contribution in [0, 0.1) is 11.8 Å². The van der Waals surface area contributed by atoms with Crippen molar-refractivity contribution < 1.29 is 43.9 Å². The summed E-state index contributed by atoms with van der Waals surface area (Å²) >= 11 is 6.09. The van der Waals surface area contributed by atoms with Crippen LogP contribution in [0.4, 0.5) is 5.82 Å². The molecule has 18 nitrogen and oxygen atoms in total. The Bertz CT molecular complexity index is 1890.